The smallest absolute Gasteiger partial charge is 0.252 e. The largest absolute Gasteiger partial charge is 0.497 e. The fourth-order valence-corrected chi connectivity index (χ4v) is 4.84. The first-order chi connectivity index (χ1) is 16.9. The molecule has 1 N–H and O–H groups in total. The number of halogens is 1. The van der Waals surface area contributed by atoms with Crippen molar-refractivity contribution in [2.75, 3.05) is 7.11 Å². The molecule has 0 radical (unpaired) electrons. The van der Waals surface area contributed by atoms with E-state index in [9.17, 15) is 4.79 Å². The second-order valence-electron chi connectivity index (χ2n) is 8.26. The van der Waals surface area contributed by atoms with Crippen LogP contribution in [0.25, 0.3) is 5.69 Å². The molecule has 0 spiro atoms. The molecule has 1 atom stereocenters. The van der Waals surface area contributed by atoms with Gasteiger partial charge in [-0.3, -0.25) is 9.36 Å². The topological polar surface area (TPSA) is 69.0 Å². The minimum atomic E-state index is -0.390. The normalized spacial score (nSPS) is 11.8. The number of benzene rings is 3. The molecule has 35 heavy (non-hydrogen) atoms. The first-order valence-electron chi connectivity index (χ1n) is 11.2. The SMILES string of the molecule is COc1cccc(CSc2nnc(C(C)NC(=O)c3ccccc3C)n2-c2cc(Cl)ccc2C)c1. The number of carbonyl (C=O) groups excluding carboxylic acids is 1. The van der Waals surface area contributed by atoms with Gasteiger partial charge in [-0.25, -0.2) is 0 Å². The van der Waals surface area contributed by atoms with Crippen LogP contribution in [0.4, 0.5) is 0 Å². The Hall–Kier alpha value is -3.29. The molecule has 0 aliphatic carbocycles. The molecule has 4 rings (SSSR count). The Morgan fingerprint density at radius 3 is 2.63 bits per heavy atom. The average Bonchev–Trinajstić information content (AvgIpc) is 3.28. The Morgan fingerprint density at radius 1 is 1.06 bits per heavy atom. The molecular weight excluding hydrogens is 480 g/mol. The van der Waals surface area contributed by atoms with Crippen molar-refractivity contribution in [1.82, 2.24) is 20.1 Å². The number of aryl methyl sites for hydroxylation is 2. The second kappa shape index (κ2) is 11.0. The standard InChI is InChI=1S/C27H27ClN4O2S/c1-17-8-5-6-11-23(17)26(33)29-19(3)25-30-31-27(32(25)24-15-21(28)13-12-18(24)2)35-16-20-9-7-10-22(14-20)34-4/h5-15,19H,16H2,1-4H3,(H,29,33). The average molecular weight is 507 g/mol. The van der Waals surface area contributed by atoms with Gasteiger partial charge >= 0.3 is 0 Å². The van der Waals surface area contributed by atoms with Gasteiger partial charge in [-0.2, -0.15) is 0 Å². The van der Waals surface area contributed by atoms with Crippen molar-refractivity contribution in [3.8, 4) is 11.4 Å². The number of ether oxygens (including phenoxy) is 1. The number of hydrogen-bond donors (Lipinski definition) is 1. The molecule has 180 valence electrons. The molecule has 1 aromatic heterocycles. The quantitative estimate of drug-likeness (QED) is 0.283. The van der Waals surface area contributed by atoms with Crippen molar-refractivity contribution in [2.24, 2.45) is 0 Å². The fraction of sp³-hybridized carbons (Fsp3) is 0.222. The molecule has 0 aliphatic rings. The summed E-state index contributed by atoms with van der Waals surface area (Å²) in [5.41, 5.74) is 4.56. The van der Waals surface area contributed by atoms with Crippen molar-refractivity contribution in [2.45, 2.75) is 37.7 Å². The Kier molecular flexibility index (Phi) is 7.78. The van der Waals surface area contributed by atoms with E-state index < -0.39 is 0 Å². The summed E-state index contributed by atoms with van der Waals surface area (Å²) < 4.78 is 7.33. The van der Waals surface area contributed by atoms with Crippen LogP contribution in [0.1, 0.15) is 45.8 Å². The van der Waals surface area contributed by atoms with E-state index in [0.29, 0.717) is 27.3 Å². The van der Waals surface area contributed by atoms with Gasteiger partial charge in [0.05, 0.1) is 18.8 Å². The molecule has 0 fully saturated rings. The highest BCUT2D eigenvalue weighted by molar-refractivity contribution is 7.98. The van der Waals surface area contributed by atoms with Crippen LogP contribution < -0.4 is 10.1 Å². The predicted octanol–water partition coefficient (Wildman–Crippen LogP) is 6.33. The number of hydrogen-bond acceptors (Lipinski definition) is 5. The molecule has 6 nitrogen and oxygen atoms in total. The summed E-state index contributed by atoms with van der Waals surface area (Å²) in [4.78, 5) is 13.0. The zero-order valence-electron chi connectivity index (χ0n) is 20.1. The van der Waals surface area contributed by atoms with Crippen molar-refractivity contribution < 1.29 is 9.53 Å². The lowest BCUT2D eigenvalue weighted by molar-refractivity contribution is 0.0937. The lowest BCUT2D eigenvalue weighted by atomic mass is 10.1. The van der Waals surface area contributed by atoms with Gasteiger partial charge in [-0.05, 0) is 67.8 Å². The molecule has 0 saturated carbocycles. The highest BCUT2D eigenvalue weighted by Gasteiger charge is 2.23. The Balaban J connectivity index is 1.67. The summed E-state index contributed by atoms with van der Waals surface area (Å²) in [5, 5.41) is 13.4. The zero-order valence-corrected chi connectivity index (χ0v) is 21.7. The van der Waals surface area contributed by atoms with Crippen LogP contribution >= 0.6 is 23.4 Å². The number of nitrogens with one attached hydrogen (secondary N) is 1. The zero-order chi connectivity index (χ0) is 24.9. The minimum absolute atomic E-state index is 0.154. The summed E-state index contributed by atoms with van der Waals surface area (Å²) in [5.74, 6) is 1.96. The van der Waals surface area contributed by atoms with Gasteiger partial charge in [0.25, 0.3) is 5.91 Å². The van der Waals surface area contributed by atoms with Gasteiger partial charge in [0.15, 0.2) is 11.0 Å². The van der Waals surface area contributed by atoms with Gasteiger partial charge in [0.1, 0.15) is 5.75 Å². The maximum absolute atomic E-state index is 13.0. The maximum atomic E-state index is 13.0. The molecular formula is C27H27ClN4O2S. The lowest BCUT2D eigenvalue weighted by Crippen LogP contribution is -2.29. The second-order valence-corrected chi connectivity index (χ2v) is 9.64. The van der Waals surface area contributed by atoms with Crippen molar-refractivity contribution in [1.29, 1.82) is 0 Å². The number of thioether (sulfide) groups is 1. The number of methoxy groups -OCH3 is 1. The summed E-state index contributed by atoms with van der Waals surface area (Å²) in [6.07, 6.45) is 0. The number of aromatic nitrogens is 3. The van der Waals surface area contributed by atoms with E-state index in [-0.39, 0.29) is 11.9 Å². The van der Waals surface area contributed by atoms with E-state index in [2.05, 4.69) is 15.5 Å². The van der Waals surface area contributed by atoms with Gasteiger partial charge in [-0.15, -0.1) is 10.2 Å². The molecule has 1 unspecified atom stereocenters. The third kappa shape index (κ3) is 5.69. The minimum Gasteiger partial charge on any atom is -0.497 e. The maximum Gasteiger partial charge on any atom is 0.252 e. The van der Waals surface area contributed by atoms with Gasteiger partial charge in [-0.1, -0.05) is 59.8 Å². The van der Waals surface area contributed by atoms with E-state index >= 15 is 0 Å². The third-order valence-electron chi connectivity index (χ3n) is 5.70. The number of rotatable bonds is 8. The molecule has 3 aromatic carbocycles. The Morgan fingerprint density at radius 2 is 1.86 bits per heavy atom. The van der Waals surface area contributed by atoms with E-state index in [1.807, 2.05) is 92.1 Å². The predicted molar refractivity (Wildman–Crippen MR) is 141 cm³/mol. The van der Waals surface area contributed by atoms with Crippen LogP contribution in [0.5, 0.6) is 5.75 Å². The van der Waals surface area contributed by atoms with Crippen molar-refractivity contribution >= 4 is 29.3 Å². The number of nitrogens with zero attached hydrogens (tertiary/aromatic N) is 3. The van der Waals surface area contributed by atoms with E-state index in [1.165, 1.54) is 0 Å². The summed E-state index contributed by atoms with van der Waals surface area (Å²) >= 11 is 7.92. The number of carbonyl (C=O) groups is 1. The molecule has 8 heteroatoms. The van der Waals surface area contributed by atoms with Crippen LogP contribution in [0.2, 0.25) is 5.02 Å². The van der Waals surface area contributed by atoms with Crippen LogP contribution in [-0.4, -0.2) is 27.8 Å². The van der Waals surface area contributed by atoms with E-state index in [4.69, 9.17) is 16.3 Å². The first-order valence-corrected chi connectivity index (χ1v) is 12.6. The van der Waals surface area contributed by atoms with E-state index in [1.54, 1.807) is 18.9 Å². The molecule has 0 aliphatic heterocycles. The summed E-state index contributed by atoms with van der Waals surface area (Å²) in [7, 11) is 1.66. The van der Waals surface area contributed by atoms with Crippen LogP contribution in [0.15, 0.2) is 71.9 Å². The van der Waals surface area contributed by atoms with Crippen molar-refractivity contribution in [3.05, 3.63) is 99.8 Å². The fourth-order valence-electron chi connectivity index (χ4n) is 3.78. The van der Waals surface area contributed by atoms with Crippen LogP contribution in [0, 0.1) is 13.8 Å². The Labute approximate surface area is 214 Å². The van der Waals surface area contributed by atoms with E-state index in [0.717, 1.165) is 28.1 Å². The molecule has 1 heterocycles. The molecule has 0 saturated heterocycles. The monoisotopic (exact) mass is 506 g/mol. The van der Waals surface area contributed by atoms with Crippen LogP contribution in [0.3, 0.4) is 0 Å². The van der Waals surface area contributed by atoms with Gasteiger partial charge in [0.2, 0.25) is 0 Å². The highest BCUT2D eigenvalue weighted by Crippen LogP contribution is 2.31. The van der Waals surface area contributed by atoms with Gasteiger partial charge < -0.3 is 10.1 Å². The molecule has 0 bridgehead atoms. The van der Waals surface area contributed by atoms with Crippen molar-refractivity contribution in [3.63, 3.8) is 0 Å². The first kappa shape index (κ1) is 24.8. The third-order valence-corrected chi connectivity index (χ3v) is 6.93. The van der Waals surface area contributed by atoms with Crippen LogP contribution in [-0.2, 0) is 5.75 Å². The lowest BCUT2D eigenvalue weighted by Gasteiger charge is -2.18. The Bertz CT molecular complexity index is 1350. The van der Waals surface area contributed by atoms with Gasteiger partial charge in [0, 0.05) is 16.3 Å². The summed E-state index contributed by atoms with van der Waals surface area (Å²) in [6, 6.07) is 20.8. The number of amides is 1. The molecule has 4 aromatic rings. The highest BCUT2D eigenvalue weighted by atomic mass is 35.5. The molecule has 1 amide bonds. The summed E-state index contributed by atoms with van der Waals surface area (Å²) in [6.45, 7) is 5.85.